The van der Waals surface area contributed by atoms with Crippen LogP contribution in [0.15, 0.2) is 60.8 Å². The van der Waals surface area contributed by atoms with Gasteiger partial charge in [0.15, 0.2) is 11.5 Å². The summed E-state index contributed by atoms with van der Waals surface area (Å²) in [5.41, 5.74) is 1.92. The highest BCUT2D eigenvalue weighted by Gasteiger charge is 2.15. The van der Waals surface area contributed by atoms with E-state index in [1.165, 1.54) is 13.3 Å². The number of esters is 1. The van der Waals surface area contributed by atoms with E-state index in [0.717, 1.165) is 0 Å². The molecule has 3 aromatic rings. The summed E-state index contributed by atoms with van der Waals surface area (Å²) in [6, 6.07) is 15.4. The van der Waals surface area contributed by atoms with Crippen molar-refractivity contribution in [1.82, 2.24) is 4.98 Å². The summed E-state index contributed by atoms with van der Waals surface area (Å²) in [5, 5.41) is 5.85. The number of para-hydroxylation sites is 1. The van der Waals surface area contributed by atoms with Crippen LogP contribution in [0.3, 0.4) is 0 Å². The highest BCUT2D eigenvalue weighted by molar-refractivity contribution is 6.04. The molecule has 1 aromatic heterocycles. The fraction of sp³-hybridized carbons (Fsp3) is 0.0952. The molecule has 2 aromatic carbocycles. The van der Waals surface area contributed by atoms with Gasteiger partial charge in [0.2, 0.25) is 6.79 Å². The molecule has 0 saturated carbocycles. The third-order valence-electron chi connectivity index (χ3n) is 4.25. The number of hydrogen-bond acceptors (Lipinski definition) is 7. The van der Waals surface area contributed by atoms with Crippen molar-refractivity contribution in [3.8, 4) is 11.5 Å². The molecule has 29 heavy (non-hydrogen) atoms. The first kappa shape index (κ1) is 18.3. The van der Waals surface area contributed by atoms with Gasteiger partial charge >= 0.3 is 5.97 Å². The predicted molar refractivity (Wildman–Crippen MR) is 106 cm³/mol. The van der Waals surface area contributed by atoms with Crippen molar-refractivity contribution >= 4 is 29.1 Å². The summed E-state index contributed by atoms with van der Waals surface area (Å²) < 4.78 is 15.3. The lowest BCUT2D eigenvalue weighted by atomic mass is 10.1. The second-order valence-corrected chi connectivity index (χ2v) is 6.12. The monoisotopic (exact) mass is 391 g/mol. The first-order valence-corrected chi connectivity index (χ1v) is 8.75. The summed E-state index contributed by atoms with van der Waals surface area (Å²) in [5.74, 6) is 0.962. The highest BCUT2D eigenvalue weighted by Crippen LogP contribution is 2.34. The normalized spacial score (nSPS) is 11.6. The standard InChI is InChI=1S/C21H17N3O5/c1-27-21(26)15-4-2-3-5-16(15)24-19-9-6-13(11-22-19)20(25)23-14-7-8-17-18(10-14)29-12-28-17/h2-11H,12H2,1H3,(H,22,24)(H,23,25). The Morgan fingerprint density at radius 3 is 2.66 bits per heavy atom. The van der Waals surface area contributed by atoms with Crippen LogP contribution >= 0.6 is 0 Å². The van der Waals surface area contributed by atoms with Gasteiger partial charge in [-0.05, 0) is 36.4 Å². The maximum atomic E-state index is 12.5. The Kier molecular flexibility index (Phi) is 4.98. The van der Waals surface area contributed by atoms with Crippen molar-refractivity contribution in [1.29, 1.82) is 0 Å². The van der Waals surface area contributed by atoms with Gasteiger partial charge in [-0.2, -0.15) is 0 Å². The molecule has 8 nitrogen and oxygen atoms in total. The van der Waals surface area contributed by atoms with Gasteiger partial charge in [0.25, 0.3) is 5.91 Å². The summed E-state index contributed by atoms with van der Waals surface area (Å²) in [6.07, 6.45) is 1.45. The zero-order chi connectivity index (χ0) is 20.2. The molecule has 8 heteroatoms. The number of amides is 1. The van der Waals surface area contributed by atoms with Gasteiger partial charge in [-0.25, -0.2) is 9.78 Å². The molecule has 1 amide bonds. The van der Waals surface area contributed by atoms with Crippen molar-refractivity contribution in [2.75, 3.05) is 24.5 Å². The average Bonchev–Trinajstić information content (AvgIpc) is 3.22. The van der Waals surface area contributed by atoms with Crippen LogP contribution in [0.25, 0.3) is 0 Å². The average molecular weight is 391 g/mol. The van der Waals surface area contributed by atoms with Gasteiger partial charge in [-0.15, -0.1) is 0 Å². The van der Waals surface area contributed by atoms with Gasteiger partial charge < -0.3 is 24.8 Å². The smallest absolute Gasteiger partial charge is 0.339 e. The minimum absolute atomic E-state index is 0.171. The summed E-state index contributed by atoms with van der Waals surface area (Å²) >= 11 is 0. The first-order chi connectivity index (χ1) is 14.1. The number of nitrogens with zero attached hydrogens (tertiary/aromatic N) is 1. The summed E-state index contributed by atoms with van der Waals surface area (Å²) in [4.78, 5) is 28.6. The molecular weight excluding hydrogens is 374 g/mol. The molecule has 4 rings (SSSR count). The topological polar surface area (TPSA) is 98.8 Å². The molecule has 0 spiro atoms. The Morgan fingerprint density at radius 2 is 1.86 bits per heavy atom. The number of nitrogens with one attached hydrogen (secondary N) is 2. The lowest BCUT2D eigenvalue weighted by Gasteiger charge is -2.10. The highest BCUT2D eigenvalue weighted by atomic mass is 16.7. The van der Waals surface area contributed by atoms with E-state index in [-0.39, 0.29) is 12.7 Å². The Balaban J connectivity index is 1.45. The number of rotatable bonds is 5. The zero-order valence-corrected chi connectivity index (χ0v) is 15.5. The molecule has 146 valence electrons. The second-order valence-electron chi connectivity index (χ2n) is 6.12. The number of hydrogen-bond donors (Lipinski definition) is 2. The van der Waals surface area contributed by atoms with E-state index in [1.807, 2.05) is 0 Å². The van der Waals surface area contributed by atoms with Gasteiger partial charge in [-0.3, -0.25) is 4.79 Å². The largest absolute Gasteiger partial charge is 0.465 e. The summed E-state index contributed by atoms with van der Waals surface area (Å²) in [6.45, 7) is 0.171. The van der Waals surface area contributed by atoms with Crippen LogP contribution in [0.2, 0.25) is 0 Å². The minimum Gasteiger partial charge on any atom is -0.465 e. The third kappa shape index (κ3) is 3.96. The maximum absolute atomic E-state index is 12.5. The number of pyridine rings is 1. The number of carbonyl (C=O) groups is 2. The van der Waals surface area contributed by atoms with E-state index in [1.54, 1.807) is 54.6 Å². The van der Waals surface area contributed by atoms with Gasteiger partial charge in [0, 0.05) is 18.0 Å². The van der Waals surface area contributed by atoms with E-state index in [9.17, 15) is 9.59 Å². The number of carbonyl (C=O) groups excluding carboxylic acids is 2. The lowest BCUT2D eigenvalue weighted by Crippen LogP contribution is -2.12. The molecule has 0 fully saturated rings. The third-order valence-corrected chi connectivity index (χ3v) is 4.25. The lowest BCUT2D eigenvalue weighted by molar-refractivity contribution is 0.0601. The number of aromatic nitrogens is 1. The van der Waals surface area contributed by atoms with Crippen LogP contribution in [0.1, 0.15) is 20.7 Å². The van der Waals surface area contributed by atoms with E-state index < -0.39 is 5.97 Å². The molecule has 0 bridgehead atoms. The first-order valence-electron chi connectivity index (χ1n) is 8.75. The molecule has 0 unspecified atom stereocenters. The van der Waals surface area contributed by atoms with Gasteiger partial charge in [0.05, 0.1) is 23.9 Å². The fourth-order valence-electron chi connectivity index (χ4n) is 2.80. The van der Waals surface area contributed by atoms with Crippen LogP contribution in [0.5, 0.6) is 11.5 Å². The van der Waals surface area contributed by atoms with Crippen LogP contribution in [0.4, 0.5) is 17.2 Å². The van der Waals surface area contributed by atoms with Crippen molar-refractivity contribution < 1.29 is 23.8 Å². The van der Waals surface area contributed by atoms with E-state index in [2.05, 4.69) is 15.6 Å². The molecule has 2 N–H and O–H groups in total. The molecule has 0 aliphatic carbocycles. The summed E-state index contributed by atoms with van der Waals surface area (Å²) in [7, 11) is 1.32. The molecule has 2 heterocycles. The number of anilines is 3. The van der Waals surface area contributed by atoms with Crippen molar-refractivity contribution in [3.05, 3.63) is 71.9 Å². The Labute approximate surface area is 166 Å². The Bertz CT molecular complexity index is 1070. The molecule has 0 saturated heterocycles. The van der Waals surface area contributed by atoms with Gasteiger partial charge in [0.1, 0.15) is 5.82 Å². The molecule has 0 atom stereocenters. The van der Waals surface area contributed by atoms with Crippen LogP contribution < -0.4 is 20.1 Å². The molecule has 0 radical (unpaired) electrons. The van der Waals surface area contributed by atoms with Crippen LogP contribution in [-0.2, 0) is 4.74 Å². The van der Waals surface area contributed by atoms with Gasteiger partial charge in [-0.1, -0.05) is 12.1 Å². The van der Waals surface area contributed by atoms with Crippen molar-refractivity contribution in [2.45, 2.75) is 0 Å². The minimum atomic E-state index is -0.451. The van der Waals surface area contributed by atoms with E-state index in [0.29, 0.717) is 39.8 Å². The van der Waals surface area contributed by atoms with Crippen molar-refractivity contribution in [3.63, 3.8) is 0 Å². The Morgan fingerprint density at radius 1 is 1.03 bits per heavy atom. The number of benzene rings is 2. The fourth-order valence-corrected chi connectivity index (χ4v) is 2.80. The number of ether oxygens (including phenoxy) is 3. The van der Waals surface area contributed by atoms with Crippen molar-refractivity contribution in [2.24, 2.45) is 0 Å². The molecule has 1 aliphatic rings. The Hall–Kier alpha value is -4.07. The number of fused-ring (bicyclic) bond motifs is 1. The van der Waals surface area contributed by atoms with E-state index in [4.69, 9.17) is 14.2 Å². The maximum Gasteiger partial charge on any atom is 0.339 e. The molecule has 1 aliphatic heterocycles. The quantitative estimate of drug-likeness (QED) is 0.641. The molecular formula is C21H17N3O5. The van der Waals surface area contributed by atoms with Crippen LogP contribution in [0, 0.1) is 0 Å². The SMILES string of the molecule is COC(=O)c1ccccc1Nc1ccc(C(=O)Nc2ccc3c(c2)OCO3)cn1. The zero-order valence-electron chi connectivity index (χ0n) is 15.5. The van der Waals surface area contributed by atoms with Crippen LogP contribution in [-0.4, -0.2) is 30.8 Å². The van der Waals surface area contributed by atoms with E-state index >= 15 is 0 Å². The predicted octanol–water partition coefficient (Wildman–Crippen LogP) is 3.59. The number of methoxy groups -OCH3 is 1. The second kappa shape index (κ2) is 7.89.